The first-order valence-corrected chi connectivity index (χ1v) is 7.14. The monoisotopic (exact) mass is 265 g/mol. The Balaban J connectivity index is 2.83. The summed E-state index contributed by atoms with van der Waals surface area (Å²) in [6.07, 6.45) is 3.15. The minimum atomic E-state index is 0.131. The number of carbonyl (C=O) groups is 1. The molecule has 1 rings (SSSR count). The summed E-state index contributed by atoms with van der Waals surface area (Å²) in [4.78, 5) is 15.3. The normalized spacial score (nSPS) is 12.2. The number of amides is 1. The van der Waals surface area contributed by atoms with Gasteiger partial charge in [0.15, 0.2) is 0 Å². The van der Waals surface area contributed by atoms with Gasteiger partial charge in [0.1, 0.15) is 0 Å². The molecule has 0 spiro atoms. The van der Waals surface area contributed by atoms with Gasteiger partial charge in [-0.1, -0.05) is 20.3 Å². The minimum absolute atomic E-state index is 0.131. The molecule has 3 heteroatoms. The van der Waals surface area contributed by atoms with Crippen LogP contribution in [-0.4, -0.2) is 23.4 Å². The molecule has 0 aliphatic heterocycles. The Morgan fingerprint density at radius 2 is 1.89 bits per heavy atom. The average molecular weight is 265 g/mol. The highest BCUT2D eigenvalue weighted by Gasteiger charge is 2.19. The van der Waals surface area contributed by atoms with E-state index in [1.807, 2.05) is 29.2 Å². The molecule has 0 heterocycles. The number of benzene rings is 1. The van der Waals surface area contributed by atoms with Gasteiger partial charge in [0.2, 0.25) is 0 Å². The van der Waals surface area contributed by atoms with Crippen LogP contribution in [0.15, 0.2) is 29.2 Å². The third-order valence-electron chi connectivity index (χ3n) is 3.25. The van der Waals surface area contributed by atoms with Gasteiger partial charge < -0.3 is 4.90 Å². The van der Waals surface area contributed by atoms with Crippen molar-refractivity contribution in [3.8, 4) is 0 Å². The second-order valence-corrected chi connectivity index (χ2v) is 5.17. The number of rotatable bonds is 6. The Kier molecular flexibility index (Phi) is 6.27. The predicted octanol–water partition coefficient (Wildman–Crippen LogP) is 4.02. The van der Waals surface area contributed by atoms with Crippen molar-refractivity contribution in [1.82, 2.24) is 4.90 Å². The summed E-state index contributed by atoms with van der Waals surface area (Å²) in [5, 5.41) is 0. The third kappa shape index (κ3) is 4.05. The average Bonchev–Trinajstić information content (AvgIpc) is 2.39. The molecule has 2 nitrogen and oxygen atoms in total. The van der Waals surface area contributed by atoms with E-state index in [0.29, 0.717) is 6.04 Å². The molecule has 0 aliphatic rings. The van der Waals surface area contributed by atoms with Crippen molar-refractivity contribution in [1.29, 1.82) is 0 Å². The van der Waals surface area contributed by atoms with Gasteiger partial charge in [0, 0.05) is 23.0 Å². The smallest absolute Gasteiger partial charge is 0.254 e. The summed E-state index contributed by atoms with van der Waals surface area (Å²) in [7, 11) is 0. The van der Waals surface area contributed by atoms with Crippen molar-refractivity contribution in [2.24, 2.45) is 0 Å². The maximum Gasteiger partial charge on any atom is 0.254 e. The maximum absolute atomic E-state index is 12.5. The maximum atomic E-state index is 12.5. The van der Waals surface area contributed by atoms with Crippen LogP contribution >= 0.6 is 12.6 Å². The summed E-state index contributed by atoms with van der Waals surface area (Å²) in [6, 6.07) is 7.73. The van der Waals surface area contributed by atoms with Crippen LogP contribution in [0.3, 0.4) is 0 Å². The summed E-state index contributed by atoms with van der Waals surface area (Å²) in [5.41, 5.74) is 0.754. The number of thiol groups is 1. The van der Waals surface area contributed by atoms with E-state index < -0.39 is 0 Å². The largest absolute Gasteiger partial charge is 0.336 e. The Morgan fingerprint density at radius 3 is 2.39 bits per heavy atom. The van der Waals surface area contributed by atoms with Crippen molar-refractivity contribution >= 4 is 18.5 Å². The van der Waals surface area contributed by atoms with Crippen molar-refractivity contribution in [2.45, 2.75) is 51.0 Å². The number of unbranched alkanes of at least 4 members (excludes halogenated alkanes) is 1. The molecule has 0 radical (unpaired) electrons. The van der Waals surface area contributed by atoms with E-state index in [4.69, 9.17) is 0 Å². The van der Waals surface area contributed by atoms with Gasteiger partial charge in [-0.25, -0.2) is 0 Å². The van der Waals surface area contributed by atoms with Crippen LogP contribution in [0.5, 0.6) is 0 Å². The van der Waals surface area contributed by atoms with Crippen LogP contribution < -0.4 is 0 Å². The van der Waals surface area contributed by atoms with Gasteiger partial charge in [-0.15, -0.1) is 12.6 Å². The number of hydrogen-bond acceptors (Lipinski definition) is 2. The SMILES string of the molecule is CCCCN(C(=O)c1ccc(S)cc1)C(C)CC. The Morgan fingerprint density at radius 1 is 1.28 bits per heavy atom. The first kappa shape index (κ1) is 15.1. The van der Waals surface area contributed by atoms with Gasteiger partial charge in [-0.05, 0) is 44.0 Å². The van der Waals surface area contributed by atoms with Crippen LogP contribution in [0.25, 0.3) is 0 Å². The molecule has 1 unspecified atom stereocenters. The highest BCUT2D eigenvalue weighted by molar-refractivity contribution is 7.80. The lowest BCUT2D eigenvalue weighted by atomic mass is 10.1. The fourth-order valence-corrected chi connectivity index (χ4v) is 1.99. The Labute approximate surface area is 116 Å². The summed E-state index contributed by atoms with van der Waals surface area (Å²) in [5.74, 6) is 0.131. The van der Waals surface area contributed by atoms with Gasteiger partial charge in [0.25, 0.3) is 5.91 Å². The van der Waals surface area contributed by atoms with E-state index in [1.165, 1.54) is 0 Å². The van der Waals surface area contributed by atoms with Crippen molar-refractivity contribution in [3.63, 3.8) is 0 Å². The second-order valence-electron chi connectivity index (χ2n) is 4.66. The van der Waals surface area contributed by atoms with Crippen LogP contribution in [0, 0.1) is 0 Å². The molecule has 0 N–H and O–H groups in total. The standard InChI is InChI=1S/C15H23NOS/c1-4-6-11-16(12(3)5-2)15(17)13-7-9-14(18)10-8-13/h7-10,12,18H,4-6,11H2,1-3H3. The first-order chi connectivity index (χ1) is 8.60. The molecule has 0 aromatic heterocycles. The molecule has 0 bridgehead atoms. The molecule has 0 saturated heterocycles. The van der Waals surface area contributed by atoms with Crippen molar-refractivity contribution < 1.29 is 4.79 Å². The lowest BCUT2D eigenvalue weighted by Crippen LogP contribution is -2.39. The predicted molar refractivity (Wildman–Crippen MR) is 79.4 cm³/mol. The molecule has 1 aromatic rings. The molecule has 1 atom stereocenters. The van der Waals surface area contributed by atoms with E-state index in [0.717, 1.165) is 36.3 Å². The molecular formula is C15H23NOS. The quantitative estimate of drug-likeness (QED) is 0.770. The zero-order valence-corrected chi connectivity index (χ0v) is 12.4. The van der Waals surface area contributed by atoms with E-state index >= 15 is 0 Å². The van der Waals surface area contributed by atoms with Crippen LogP contribution in [-0.2, 0) is 0 Å². The molecule has 18 heavy (non-hydrogen) atoms. The minimum Gasteiger partial charge on any atom is -0.336 e. The fraction of sp³-hybridized carbons (Fsp3) is 0.533. The van der Waals surface area contributed by atoms with Crippen LogP contribution in [0.1, 0.15) is 50.4 Å². The van der Waals surface area contributed by atoms with Crippen LogP contribution in [0.4, 0.5) is 0 Å². The number of nitrogens with zero attached hydrogens (tertiary/aromatic N) is 1. The fourth-order valence-electron chi connectivity index (χ4n) is 1.84. The second kappa shape index (κ2) is 7.47. The molecule has 1 aromatic carbocycles. The van der Waals surface area contributed by atoms with Crippen molar-refractivity contribution in [3.05, 3.63) is 29.8 Å². The summed E-state index contributed by atoms with van der Waals surface area (Å²) in [6.45, 7) is 7.22. The topological polar surface area (TPSA) is 20.3 Å². The molecule has 0 fully saturated rings. The molecule has 100 valence electrons. The Bertz CT molecular complexity index is 375. The number of carbonyl (C=O) groups excluding carboxylic acids is 1. The van der Waals surface area contributed by atoms with Gasteiger partial charge in [0.05, 0.1) is 0 Å². The highest BCUT2D eigenvalue weighted by Crippen LogP contribution is 2.14. The van der Waals surface area contributed by atoms with Crippen LogP contribution in [0.2, 0.25) is 0 Å². The van der Waals surface area contributed by atoms with E-state index in [-0.39, 0.29) is 5.91 Å². The Hall–Kier alpha value is -0.960. The lowest BCUT2D eigenvalue weighted by molar-refractivity contribution is 0.0685. The van der Waals surface area contributed by atoms with E-state index in [1.54, 1.807) is 0 Å². The van der Waals surface area contributed by atoms with E-state index in [2.05, 4.69) is 33.4 Å². The molecular weight excluding hydrogens is 242 g/mol. The molecule has 0 saturated carbocycles. The third-order valence-corrected chi connectivity index (χ3v) is 3.55. The summed E-state index contributed by atoms with van der Waals surface area (Å²) < 4.78 is 0. The molecule has 1 amide bonds. The lowest BCUT2D eigenvalue weighted by Gasteiger charge is -2.28. The molecule has 0 aliphatic carbocycles. The van der Waals surface area contributed by atoms with E-state index in [9.17, 15) is 4.79 Å². The van der Waals surface area contributed by atoms with Crippen molar-refractivity contribution in [2.75, 3.05) is 6.54 Å². The van der Waals surface area contributed by atoms with Gasteiger partial charge in [-0.3, -0.25) is 4.79 Å². The zero-order chi connectivity index (χ0) is 13.5. The number of hydrogen-bond donors (Lipinski definition) is 1. The highest BCUT2D eigenvalue weighted by atomic mass is 32.1. The van der Waals surface area contributed by atoms with Gasteiger partial charge >= 0.3 is 0 Å². The summed E-state index contributed by atoms with van der Waals surface area (Å²) >= 11 is 4.24. The zero-order valence-electron chi connectivity index (χ0n) is 11.5. The van der Waals surface area contributed by atoms with Gasteiger partial charge in [-0.2, -0.15) is 0 Å². The first-order valence-electron chi connectivity index (χ1n) is 6.70.